The molecule has 0 spiro atoms. The summed E-state index contributed by atoms with van der Waals surface area (Å²) in [6.45, 7) is -0.0697. The zero-order valence-electron chi connectivity index (χ0n) is 10.4. The van der Waals surface area contributed by atoms with E-state index in [2.05, 4.69) is 5.32 Å². The molecule has 0 radical (unpaired) electrons. The summed E-state index contributed by atoms with van der Waals surface area (Å²) < 4.78 is 38.3. The smallest absolute Gasteiger partial charge is 0.365 e. The van der Waals surface area contributed by atoms with Crippen LogP contribution in [0.3, 0.4) is 0 Å². The average molecular weight is 271 g/mol. The number of hydrogen-bond donors (Lipinski definition) is 1. The highest BCUT2D eigenvalue weighted by Crippen LogP contribution is 2.34. The highest BCUT2D eigenvalue weighted by atomic mass is 19.4. The van der Waals surface area contributed by atoms with E-state index in [0.717, 1.165) is 12.1 Å². The van der Waals surface area contributed by atoms with Crippen molar-refractivity contribution in [3.8, 4) is 6.07 Å². The topological polar surface area (TPSA) is 56.1 Å². The van der Waals surface area contributed by atoms with E-state index in [4.69, 9.17) is 5.26 Å². The second kappa shape index (κ2) is 5.61. The number of nitrogens with zero attached hydrogens (tertiary/aromatic N) is 2. The molecule has 0 unspecified atom stereocenters. The molecule has 1 amide bonds. The molecule has 1 rings (SSSR count). The molecule has 0 bridgehead atoms. The molecule has 1 N–H and O–H groups in total. The molecular weight excluding hydrogens is 259 g/mol. The molecule has 102 valence electrons. The first-order valence-corrected chi connectivity index (χ1v) is 5.32. The first-order chi connectivity index (χ1) is 8.79. The summed E-state index contributed by atoms with van der Waals surface area (Å²) in [6, 6.07) is 4.83. The van der Waals surface area contributed by atoms with Gasteiger partial charge < -0.3 is 10.2 Å². The van der Waals surface area contributed by atoms with E-state index in [9.17, 15) is 18.0 Å². The highest BCUT2D eigenvalue weighted by molar-refractivity contribution is 5.81. The summed E-state index contributed by atoms with van der Waals surface area (Å²) >= 11 is 0. The second-order valence-corrected chi connectivity index (χ2v) is 3.87. The molecule has 0 aliphatic heterocycles. The van der Waals surface area contributed by atoms with Gasteiger partial charge in [-0.05, 0) is 18.2 Å². The number of hydrogen-bond acceptors (Lipinski definition) is 3. The van der Waals surface area contributed by atoms with Crippen LogP contribution in [-0.4, -0.2) is 26.5 Å². The van der Waals surface area contributed by atoms with Crippen molar-refractivity contribution in [1.82, 2.24) is 5.32 Å². The van der Waals surface area contributed by atoms with Gasteiger partial charge in [-0.15, -0.1) is 0 Å². The fourth-order valence-electron chi connectivity index (χ4n) is 1.49. The van der Waals surface area contributed by atoms with Gasteiger partial charge in [-0.2, -0.15) is 18.4 Å². The Labute approximate surface area is 108 Å². The molecule has 19 heavy (non-hydrogen) atoms. The summed E-state index contributed by atoms with van der Waals surface area (Å²) in [5.41, 5.74) is -1.23. The fourth-order valence-corrected chi connectivity index (χ4v) is 1.49. The predicted octanol–water partition coefficient (Wildman–Crippen LogP) is 1.76. The zero-order valence-corrected chi connectivity index (χ0v) is 10.4. The van der Waals surface area contributed by atoms with E-state index in [0.29, 0.717) is 0 Å². The Kier molecular flexibility index (Phi) is 4.38. The Bertz CT molecular complexity index is 520. The molecule has 0 atom stereocenters. The molecule has 0 aliphatic carbocycles. The number of likely N-dealkylation sites (N-methyl/N-ethyl adjacent to an activating group) is 2. The molecule has 0 saturated carbocycles. The van der Waals surface area contributed by atoms with E-state index < -0.39 is 17.3 Å². The molecule has 0 heterocycles. The van der Waals surface area contributed by atoms with Crippen LogP contribution in [0.5, 0.6) is 0 Å². The number of benzene rings is 1. The number of carbonyl (C=O) groups excluding carboxylic acids is 1. The van der Waals surface area contributed by atoms with E-state index in [1.807, 2.05) is 0 Å². The Morgan fingerprint density at radius 2 is 2.11 bits per heavy atom. The number of anilines is 1. The Morgan fingerprint density at radius 3 is 2.58 bits per heavy atom. The lowest BCUT2D eigenvalue weighted by atomic mass is 10.1. The van der Waals surface area contributed by atoms with E-state index in [1.54, 1.807) is 0 Å². The van der Waals surface area contributed by atoms with Crippen LogP contribution >= 0.6 is 0 Å². The molecule has 1 aromatic carbocycles. The Hall–Kier alpha value is -2.23. The van der Waals surface area contributed by atoms with Crippen molar-refractivity contribution in [3.05, 3.63) is 29.3 Å². The number of halogens is 3. The van der Waals surface area contributed by atoms with Crippen LogP contribution in [0.2, 0.25) is 0 Å². The minimum Gasteiger partial charge on any atom is -0.365 e. The normalized spacial score (nSPS) is 10.7. The van der Waals surface area contributed by atoms with Crippen molar-refractivity contribution in [3.63, 3.8) is 0 Å². The van der Waals surface area contributed by atoms with Crippen LogP contribution in [-0.2, 0) is 11.0 Å². The van der Waals surface area contributed by atoms with E-state index in [1.165, 1.54) is 31.1 Å². The maximum atomic E-state index is 12.8. The molecule has 0 saturated heterocycles. The van der Waals surface area contributed by atoms with Crippen LogP contribution in [0.25, 0.3) is 0 Å². The van der Waals surface area contributed by atoms with Gasteiger partial charge in [0.15, 0.2) is 0 Å². The van der Waals surface area contributed by atoms with Gasteiger partial charge >= 0.3 is 6.18 Å². The first kappa shape index (κ1) is 14.8. The summed E-state index contributed by atoms with van der Waals surface area (Å²) in [4.78, 5) is 12.5. The van der Waals surface area contributed by atoms with Crippen molar-refractivity contribution in [2.75, 3.05) is 25.5 Å². The van der Waals surface area contributed by atoms with Crippen LogP contribution < -0.4 is 10.2 Å². The van der Waals surface area contributed by atoms with Crippen LogP contribution in [0.1, 0.15) is 11.1 Å². The lowest BCUT2D eigenvalue weighted by Gasteiger charge is -2.20. The van der Waals surface area contributed by atoms with Gasteiger partial charge in [0.2, 0.25) is 5.91 Å². The summed E-state index contributed by atoms with van der Waals surface area (Å²) in [5.74, 6) is -0.319. The third kappa shape index (κ3) is 3.61. The van der Waals surface area contributed by atoms with E-state index in [-0.39, 0.29) is 18.1 Å². The lowest BCUT2D eigenvalue weighted by Crippen LogP contribution is -2.33. The van der Waals surface area contributed by atoms with Gasteiger partial charge in [-0.3, -0.25) is 4.79 Å². The molecule has 0 aromatic heterocycles. The lowest BCUT2D eigenvalue weighted by molar-refractivity contribution is -0.137. The SMILES string of the molecule is CNC(=O)CN(C)c1ccc(C#N)c(C(F)(F)F)c1. The monoisotopic (exact) mass is 271 g/mol. The summed E-state index contributed by atoms with van der Waals surface area (Å²) in [6.07, 6.45) is -4.60. The number of nitriles is 1. The summed E-state index contributed by atoms with van der Waals surface area (Å²) in [5, 5.41) is 11.0. The largest absolute Gasteiger partial charge is 0.417 e. The van der Waals surface area contributed by atoms with Crippen molar-refractivity contribution in [2.24, 2.45) is 0 Å². The number of nitrogens with one attached hydrogen (secondary N) is 1. The van der Waals surface area contributed by atoms with Crippen molar-refractivity contribution in [2.45, 2.75) is 6.18 Å². The maximum absolute atomic E-state index is 12.8. The molecule has 1 aromatic rings. The van der Waals surface area contributed by atoms with Crippen LogP contribution in [0, 0.1) is 11.3 Å². The predicted molar refractivity (Wildman–Crippen MR) is 63.5 cm³/mol. The highest BCUT2D eigenvalue weighted by Gasteiger charge is 2.34. The third-order valence-electron chi connectivity index (χ3n) is 2.53. The van der Waals surface area contributed by atoms with Crippen molar-refractivity contribution in [1.29, 1.82) is 5.26 Å². The molecule has 7 heteroatoms. The van der Waals surface area contributed by atoms with Crippen LogP contribution in [0.15, 0.2) is 18.2 Å². The first-order valence-electron chi connectivity index (χ1n) is 5.32. The molecule has 4 nitrogen and oxygen atoms in total. The quantitative estimate of drug-likeness (QED) is 0.911. The Morgan fingerprint density at radius 1 is 1.47 bits per heavy atom. The molecule has 0 aliphatic rings. The number of rotatable bonds is 3. The minimum absolute atomic E-state index is 0.0697. The van der Waals surface area contributed by atoms with Gasteiger partial charge in [0.1, 0.15) is 0 Å². The van der Waals surface area contributed by atoms with Gasteiger partial charge in [0.25, 0.3) is 0 Å². The van der Waals surface area contributed by atoms with Gasteiger partial charge in [-0.25, -0.2) is 0 Å². The van der Waals surface area contributed by atoms with Gasteiger partial charge in [0, 0.05) is 19.8 Å². The standard InChI is InChI=1S/C12H12F3N3O/c1-17-11(19)7-18(2)9-4-3-8(6-16)10(5-9)12(13,14)15/h3-5H,7H2,1-2H3,(H,17,19). The number of amides is 1. The average Bonchev–Trinajstić information content (AvgIpc) is 2.36. The van der Waals surface area contributed by atoms with E-state index >= 15 is 0 Å². The van der Waals surface area contributed by atoms with Gasteiger partial charge in [-0.1, -0.05) is 0 Å². The minimum atomic E-state index is -4.60. The number of alkyl halides is 3. The van der Waals surface area contributed by atoms with Crippen LogP contribution in [0.4, 0.5) is 18.9 Å². The molecular formula is C12H12F3N3O. The van der Waals surface area contributed by atoms with Gasteiger partial charge in [0.05, 0.1) is 23.7 Å². The molecule has 0 fully saturated rings. The fraction of sp³-hybridized carbons (Fsp3) is 0.333. The number of carbonyl (C=O) groups is 1. The summed E-state index contributed by atoms with van der Waals surface area (Å²) in [7, 11) is 2.94. The van der Waals surface area contributed by atoms with Crippen molar-refractivity contribution < 1.29 is 18.0 Å². The Balaban J connectivity index is 3.12. The maximum Gasteiger partial charge on any atom is 0.417 e. The third-order valence-corrected chi connectivity index (χ3v) is 2.53. The van der Waals surface area contributed by atoms with Crippen molar-refractivity contribution >= 4 is 11.6 Å². The zero-order chi connectivity index (χ0) is 14.6. The second-order valence-electron chi connectivity index (χ2n) is 3.87.